The molecule has 0 aliphatic heterocycles. The summed E-state index contributed by atoms with van der Waals surface area (Å²) in [6, 6.07) is 13.3. The first-order valence-electron chi connectivity index (χ1n) is 17.6. The minimum Gasteiger partial charge on any atom is -0.301 e. The van der Waals surface area contributed by atoms with Crippen LogP contribution in [0.3, 0.4) is 0 Å². The van der Waals surface area contributed by atoms with Gasteiger partial charge in [-0.25, -0.2) is 0 Å². The zero-order valence-corrected chi connectivity index (χ0v) is 28.4. The second-order valence-corrected chi connectivity index (χ2v) is 13.0. The molecular weight excluding hydrogens is 528 g/mol. The molecule has 4 heteroatoms. The number of nitrogens with zero attached hydrogens (tertiary/aromatic N) is 2. The van der Waals surface area contributed by atoms with Gasteiger partial charge in [0.15, 0.2) is 11.6 Å². The maximum Gasteiger partial charge on any atom is 0.162 e. The van der Waals surface area contributed by atoms with Crippen molar-refractivity contribution in [1.82, 2.24) is 9.80 Å². The van der Waals surface area contributed by atoms with E-state index in [0.717, 1.165) is 56.6 Å². The fourth-order valence-corrected chi connectivity index (χ4v) is 6.44. The van der Waals surface area contributed by atoms with E-state index < -0.39 is 0 Å². The van der Waals surface area contributed by atoms with Gasteiger partial charge in [-0.05, 0) is 119 Å². The molecule has 0 heterocycles. The summed E-state index contributed by atoms with van der Waals surface area (Å²) < 4.78 is 0. The predicted molar refractivity (Wildman–Crippen MR) is 184 cm³/mol. The van der Waals surface area contributed by atoms with Crippen LogP contribution in [0.1, 0.15) is 150 Å². The van der Waals surface area contributed by atoms with Gasteiger partial charge in [0.2, 0.25) is 0 Å². The van der Waals surface area contributed by atoms with Crippen LogP contribution in [0, 0.1) is 0 Å². The fraction of sp³-hybridized carbons (Fsp3) is 0.641. The minimum absolute atomic E-state index is 0.244. The number of fused-ring (bicyclic) bond motifs is 3. The van der Waals surface area contributed by atoms with Crippen LogP contribution in [0.25, 0.3) is 11.1 Å². The monoisotopic (exact) mass is 588 g/mol. The molecule has 238 valence electrons. The number of ketones is 2. The lowest BCUT2D eigenvalue weighted by Gasteiger charge is -2.29. The lowest BCUT2D eigenvalue weighted by molar-refractivity contribution is 0.0954. The van der Waals surface area contributed by atoms with Crippen LogP contribution in [-0.2, 0) is 6.42 Å². The molecular formula is C39H60N2O2. The Kier molecular flexibility index (Phi) is 15.1. The second-order valence-electron chi connectivity index (χ2n) is 13.0. The molecule has 0 spiro atoms. The Labute approximate surface area is 263 Å². The zero-order valence-electron chi connectivity index (χ0n) is 28.4. The summed E-state index contributed by atoms with van der Waals surface area (Å²) in [5.74, 6) is 0.488. The molecule has 0 amide bonds. The summed E-state index contributed by atoms with van der Waals surface area (Å²) in [4.78, 5) is 31.6. The third-order valence-electron chi connectivity index (χ3n) is 9.55. The van der Waals surface area contributed by atoms with Gasteiger partial charge in [0.05, 0.1) is 0 Å². The first-order chi connectivity index (χ1) is 20.8. The highest BCUT2D eigenvalue weighted by Gasteiger charge is 2.23. The zero-order chi connectivity index (χ0) is 31.2. The number of hydrogen-bond donors (Lipinski definition) is 0. The van der Waals surface area contributed by atoms with Crippen LogP contribution >= 0.6 is 0 Å². The normalized spacial score (nSPS) is 13.8. The number of Topliss-reactive ketones (excluding diaryl/α,β-unsaturated/α-hetero) is 2. The Balaban J connectivity index is 1.58. The SMILES string of the molecule is CCCCN(CCCC)C(C)CCC(=O)c1ccc2c(c1)Cc1cc(C(=O)CCC(C)N(CCCC)CCCC)ccc1-2. The molecule has 2 atom stereocenters. The number of carbonyl (C=O) groups excluding carboxylic acids is 2. The van der Waals surface area contributed by atoms with E-state index in [-0.39, 0.29) is 11.6 Å². The lowest BCUT2D eigenvalue weighted by atomic mass is 9.97. The van der Waals surface area contributed by atoms with Gasteiger partial charge in [-0.3, -0.25) is 9.59 Å². The smallest absolute Gasteiger partial charge is 0.162 e. The number of rotatable bonds is 22. The van der Waals surface area contributed by atoms with Crippen molar-refractivity contribution in [3.63, 3.8) is 0 Å². The molecule has 43 heavy (non-hydrogen) atoms. The molecule has 4 nitrogen and oxygen atoms in total. The van der Waals surface area contributed by atoms with E-state index in [4.69, 9.17) is 0 Å². The Bertz CT molecular complexity index is 1050. The van der Waals surface area contributed by atoms with Crippen molar-refractivity contribution in [2.75, 3.05) is 26.2 Å². The standard InChI is InChI=1S/C39H60N2O2/c1-7-11-23-40(24-12-8-2)30(5)15-21-38(42)32-17-19-36-34(27-32)29-35-28-33(18-20-37(35)36)39(43)22-16-31(6)41(25-13-9-3)26-14-10-4/h17-20,27-28,30-31H,7-16,21-26,29H2,1-6H3. The quantitative estimate of drug-likeness (QED) is 0.110. The molecule has 2 unspecified atom stereocenters. The van der Waals surface area contributed by atoms with E-state index in [1.165, 1.54) is 73.6 Å². The molecule has 0 saturated heterocycles. The third kappa shape index (κ3) is 10.4. The van der Waals surface area contributed by atoms with Crippen LogP contribution < -0.4 is 0 Å². The number of hydrogen-bond acceptors (Lipinski definition) is 4. The molecule has 0 aromatic heterocycles. The Morgan fingerprint density at radius 1 is 0.605 bits per heavy atom. The number of carbonyl (C=O) groups is 2. The molecule has 2 aromatic carbocycles. The number of benzene rings is 2. The van der Waals surface area contributed by atoms with Gasteiger partial charge in [-0.1, -0.05) is 77.6 Å². The molecule has 0 N–H and O–H groups in total. The van der Waals surface area contributed by atoms with Gasteiger partial charge >= 0.3 is 0 Å². The van der Waals surface area contributed by atoms with Crippen molar-refractivity contribution in [3.05, 3.63) is 58.7 Å². The van der Waals surface area contributed by atoms with Crippen molar-refractivity contribution in [1.29, 1.82) is 0 Å². The van der Waals surface area contributed by atoms with E-state index in [9.17, 15) is 9.59 Å². The molecule has 1 aliphatic carbocycles. The van der Waals surface area contributed by atoms with E-state index in [2.05, 4.69) is 75.6 Å². The maximum absolute atomic E-state index is 13.2. The van der Waals surface area contributed by atoms with Crippen LogP contribution in [0.15, 0.2) is 36.4 Å². The first kappa shape index (κ1) is 35.2. The lowest BCUT2D eigenvalue weighted by Crippen LogP contribution is -2.35. The van der Waals surface area contributed by atoms with Crippen molar-refractivity contribution in [3.8, 4) is 11.1 Å². The van der Waals surface area contributed by atoms with E-state index in [1.54, 1.807) is 0 Å². The van der Waals surface area contributed by atoms with Gasteiger partial charge in [-0.15, -0.1) is 0 Å². The summed E-state index contributed by atoms with van der Waals surface area (Å²) in [7, 11) is 0. The van der Waals surface area contributed by atoms with Crippen LogP contribution in [0.4, 0.5) is 0 Å². The molecule has 0 radical (unpaired) electrons. The molecule has 3 rings (SSSR count). The molecule has 0 bridgehead atoms. The van der Waals surface area contributed by atoms with E-state index in [0.29, 0.717) is 24.9 Å². The molecule has 2 aromatic rings. The Morgan fingerprint density at radius 3 is 1.28 bits per heavy atom. The average Bonchev–Trinajstić information content (AvgIpc) is 3.39. The molecule has 0 fully saturated rings. The summed E-state index contributed by atoms with van der Waals surface area (Å²) in [6.07, 6.45) is 13.5. The first-order valence-corrected chi connectivity index (χ1v) is 17.6. The highest BCUT2D eigenvalue weighted by molar-refractivity contribution is 5.99. The van der Waals surface area contributed by atoms with Crippen molar-refractivity contribution >= 4 is 11.6 Å². The highest BCUT2D eigenvalue weighted by Crippen LogP contribution is 2.38. The van der Waals surface area contributed by atoms with Gasteiger partial charge in [-0.2, -0.15) is 0 Å². The maximum atomic E-state index is 13.2. The van der Waals surface area contributed by atoms with Crippen molar-refractivity contribution < 1.29 is 9.59 Å². The summed E-state index contributed by atoms with van der Waals surface area (Å²) in [5.41, 5.74) is 6.49. The van der Waals surface area contributed by atoms with E-state index in [1.807, 2.05) is 12.1 Å². The highest BCUT2D eigenvalue weighted by atomic mass is 16.1. The third-order valence-corrected chi connectivity index (χ3v) is 9.55. The Hall–Kier alpha value is -2.30. The van der Waals surface area contributed by atoms with Crippen LogP contribution in [-0.4, -0.2) is 59.6 Å². The van der Waals surface area contributed by atoms with Gasteiger partial charge in [0, 0.05) is 36.1 Å². The van der Waals surface area contributed by atoms with Gasteiger partial charge in [0.1, 0.15) is 0 Å². The van der Waals surface area contributed by atoms with Gasteiger partial charge < -0.3 is 9.80 Å². The van der Waals surface area contributed by atoms with Crippen molar-refractivity contribution in [2.24, 2.45) is 0 Å². The van der Waals surface area contributed by atoms with Crippen molar-refractivity contribution in [2.45, 2.75) is 137 Å². The van der Waals surface area contributed by atoms with Gasteiger partial charge in [0.25, 0.3) is 0 Å². The predicted octanol–water partition coefficient (Wildman–Crippen LogP) is 9.76. The summed E-state index contributed by atoms with van der Waals surface area (Å²) >= 11 is 0. The van der Waals surface area contributed by atoms with Crippen LogP contribution in [0.5, 0.6) is 0 Å². The molecule has 0 saturated carbocycles. The molecule has 1 aliphatic rings. The topological polar surface area (TPSA) is 40.6 Å². The Morgan fingerprint density at radius 2 is 0.953 bits per heavy atom. The van der Waals surface area contributed by atoms with Crippen LogP contribution in [0.2, 0.25) is 0 Å². The minimum atomic E-state index is 0.244. The van der Waals surface area contributed by atoms with E-state index >= 15 is 0 Å². The largest absolute Gasteiger partial charge is 0.301 e. The fourth-order valence-electron chi connectivity index (χ4n) is 6.44. The average molecular weight is 589 g/mol. The summed E-state index contributed by atoms with van der Waals surface area (Å²) in [6.45, 7) is 18.1. The summed E-state index contributed by atoms with van der Waals surface area (Å²) in [5, 5.41) is 0. The second kappa shape index (κ2) is 18.5. The number of unbranched alkanes of at least 4 members (excludes halogenated alkanes) is 4.